The average Bonchev–Trinajstić information content (AvgIpc) is 2.16. The van der Waals surface area contributed by atoms with Crippen LogP contribution in [0.2, 0.25) is 0 Å². The first-order chi connectivity index (χ1) is 6.66. The van der Waals surface area contributed by atoms with Crippen molar-refractivity contribution in [2.75, 3.05) is 5.73 Å². The lowest BCUT2D eigenvalue weighted by atomic mass is 9.87. The van der Waals surface area contributed by atoms with Crippen molar-refractivity contribution >= 4 is 11.8 Å². The standard InChI is InChI=1S/C10H12N2O2/c11-9-4-2-6-5-7(10(13)14)1-3-8(6)12-9/h2,4,7H,1,3,5H2,(H2,11,12)(H,13,14). The van der Waals surface area contributed by atoms with E-state index < -0.39 is 5.97 Å². The molecule has 0 saturated carbocycles. The minimum Gasteiger partial charge on any atom is -0.481 e. The van der Waals surface area contributed by atoms with Gasteiger partial charge in [0.15, 0.2) is 0 Å². The van der Waals surface area contributed by atoms with Crippen LogP contribution in [0.1, 0.15) is 17.7 Å². The third kappa shape index (κ3) is 1.55. The molecule has 3 N–H and O–H groups in total. The normalized spacial score (nSPS) is 20.1. The molecule has 1 aromatic rings. The van der Waals surface area contributed by atoms with Gasteiger partial charge in [-0.3, -0.25) is 4.79 Å². The predicted octanol–water partition coefficient (Wildman–Crippen LogP) is 0.853. The number of carboxylic acid groups (broad SMARTS) is 1. The van der Waals surface area contributed by atoms with Crippen LogP contribution in [0, 0.1) is 5.92 Å². The highest BCUT2D eigenvalue weighted by atomic mass is 16.4. The largest absolute Gasteiger partial charge is 0.481 e. The van der Waals surface area contributed by atoms with Crippen molar-refractivity contribution in [3.05, 3.63) is 23.4 Å². The molecule has 1 atom stereocenters. The monoisotopic (exact) mass is 192 g/mol. The number of pyridine rings is 1. The number of aryl methyl sites for hydroxylation is 1. The van der Waals surface area contributed by atoms with Crippen molar-refractivity contribution in [3.8, 4) is 0 Å². The molecule has 1 unspecified atom stereocenters. The zero-order valence-corrected chi connectivity index (χ0v) is 7.73. The Morgan fingerprint density at radius 3 is 3.07 bits per heavy atom. The first kappa shape index (κ1) is 8.99. The molecule has 14 heavy (non-hydrogen) atoms. The molecule has 1 heterocycles. The van der Waals surface area contributed by atoms with Crippen LogP contribution in [-0.4, -0.2) is 16.1 Å². The van der Waals surface area contributed by atoms with E-state index in [4.69, 9.17) is 10.8 Å². The molecule has 2 rings (SSSR count). The molecule has 0 bridgehead atoms. The number of rotatable bonds is 1. The van der Waals surface area contributed by atoms with Gasteiger partial charge in [0, 0.05) is 5.69 Å². The number of nitrogens with two attached hydrogens (primary N) is 1. The van der Waals surface area contributed by atoms with E-state index in [1.165, 1.54) is 0 Å². The van der Waals surface area contributed by atoms with E-state index in [2.05, 4.69) is 4.98 Å². The van der Waals surface area contributed by atoms with Crippen molar-refractivity contribution in [3.63, 3.8) is 0 Å². The molecule has 4 heteroatoms. The van der Waals surface area contributed by atoms with Crippen molar-refractivity contribution in [1.29, 1.82) is 0 Å². The van der Waals surface area contributed by atoms with Crippen molar-refractivity contribution < 1.29 is 9.90 Å². The number of anilines is 1. The van der Waals surface area contributed by atoms with Gasteiger partial charge in [-0.15, -0.1) is 0 Å². The summed E-state index contributed by atoms with van der Waals surface area (Å²) in [6, 6.07) is 3.61. The molecular weight excluding hydrogens is 180 g/mol. The highest BCUT2D eigenvalue weighted by molar-refractivity contribution is 5.71. The van der Waals surface area contributed by atoms with E-state index in [1.54, 1.807) is 6.07 Å². The lowest BCUT2D eigenvalue weighted by Crippen LogP contribution is -2.23. The zero-order valence-electron chi connectivity index (χ0n) is 7.73. The van der Waals surface area contributed by atoms with E-state index >= 15 is 0 Å². The van der Waals surface area contributed by atoms with Crippen LogP contribution < -0.4 is 5.73 Å². The van der Waals surface area contributed by atoms with E-state index in [9.17, 15) is 4.79 Å². The number of nitrogen functional groups attached to an aromatic ring is 1. The Kier molecular flexibility index (Phi) is 2.11. The molecule has 74 valence electrons. The number of carbonyl (C=O) groups is 1. The summed E-state index contributed by atoms with van der Waals surface area (Å²) in [6.07, 6.45) is 1.97. The first-order valence-corrected chi connectivity index (χ1v) is 4.64. The summed E-state index contributed by atoms with van der Waals surface area (Å²) < 4.78 is 0. The molecule has 0 radical (unpaired) electrons. The Balaban J connectivity index is 2.27. The van der Waals surface area contributed by atoms with Crippen LogP contribution >= 0.6 is 0 Å². The van der Waals surface area contributed by atoms with Crippen LogP contribution in [-0.2, 0) is 17.6 Å². The maximum absolute atomic E-state index is 10.8. The Labute approximate surface area is 81.8 Å². The van der Waals surface area contributed by atoms with Gasteiger partial charge < -0.3 is 10.8 Å². The smallest absolute Gasteiger partial charge is 0.306 e. The van der Waals surface area contributed by atoms with Crippen LogP contribution in [0.3, 0.4) is 0 Å². The van der Waals surface area contributed by atoms with Gasteiger partial charge in [-0.2, -0.15) is 0 Å². The molecule has 1 aliphatic rings. The van der Waals surface area contributed by atoms with Crippen LogP contribution in [0.5, 0.6) is 0 Å². The third-order valence-electron chi connectivity index (χ3n) is 2.64. The van der Waals surface area contributed by atoms with Crippen LogP contribution in [0.4, 0.5) is 5.82 Å². The highest BCUT2D eigenvalue weighted by Crippen LogP contribution is 2.24. The summed E-state index contributed by atoms with van der Waals surface area (Å²) in [5.41, 5.74) is 7.54. The zero-order chi connectivity index (χ0) is 10.1. The number of nitrogens with zero attached hydrogens (tertiary/aromatic N) is 1. The molecule has 0 amide bonds. The van der Waals surface area contributed by atoms with Gasteiger partial charge in [-0.1, -0.05) is 6.07 Å². The van der Waals surface area contributed by atoms with Gasteiger partial charge in [0.1, 0.15) is 5.82 Å². The number of hydrogen-bond acceptors (Lipinski definition) is 3. The fourth-order valence-electron chi connectivity index (χ4n) is 1.84. The van der Waals surface area contributed by atoms with Crippen molar-refractivity contribution in [1.82, 2.24) is 4.98 Å². The summed E-state index contributed by atoms with van der Waals surface area (Å²) in [7, 11) is 0. The van der Waals surface area contributed by atoms with E-state index in [-0.39, 0.29) is 5.92 Å². The highest BCUT2D eigenvalue weighted by Gasteiger charge is 2.24. The van der Waals surface area contributed by atoms with E-state index in [0.29, 0.717) is 18.7 Å². The maximum Gasteiger partial charge on any atom is 0.306 e. The molecule has 1 aromatic heterocycles. The Morgan fingerprint density at radius 2 is 2.36 bits per heavy atom. The van der Waals surface area contributed by atoms with Crippen LogP contribution in [0.15, 0.2) is 12.1 Å². The van der Waals surface area contributed by atoms with E-state index in [1.807, 2.05) is 6.07 Å². The number of aliphatic carboxylic acids is 1. The fraction of sp³-hybridized carbons (Fsp3) is 0.400. The second-order valence-corrected chi connectivity index (χ2v) is 3.62. The van der Waals surface area contributed by atoms with Crippen molar-refractivity contribution in [2.24, 2.45) is 5.92 Å². The summed E-state index contributed by atoms with van der Waals surface area (Å²) in [5.74, 6) is -0.460. The summed E-state index contributed by atoms with van der Waals surface area (Å²) >= 11 is 0. The van der Waals surface area contributed by atoms with Crippen LogP contribution in [0.25, 0.3) is 0 Å². The van der Waals surface area contributed by atoms with Gasteiger partial charge >= 0.3 is 5.97 Å². The summed E-state index contributed by atoms with van der Waals surface area (Å²) in [6.45, 7) is 0. The third-order valence-corrected chi connectivity index (χ3v) is 2.64. The maximum atomic E-state index is 10.8. The van der Waals surface area contributed by atoms with Crippen molar-refractivity contribution in [2.45, 2.75) is 19.3 Å². The average molecular weight is 192 g/mol. The van der Waals surface area contributed by atoms with Gasteiger partial charge in [0.05, 0.1) is 5.92 Å². The molecule has 0 fully saturated rings. The Hall–Kier alpha value is -1.58. The molecule has 0 aliphatic heterocycles. The number of fused-ring (bicyclic) bond motifs is 1. The Bertz CT molecular complexity index is 376. The molecular formula is C10H12N2O2. The van der Waals surface area contributed by atoms with E-state index in [0.717, 1.165) is 17.7 Å². The lowest BCUT2D eigenvalue weighted by Gasteiger charge is -2.20. The predicted molar refractivity (Wildman–Crippen MR) is 51.8 cm³/mol. The minimum atomic E-state index is -0.715. The number of carboxylic acids is 1. The van der Waals surface area contributed by atoms with Gasteiger partial charge in [0.25, 0.3) is 0 Å². The quantitative estimate of drug-likeness (QED) is 0.691. The molecule has 0 aromatic carbocycles. The molecule has 1 aliphatic carbocycles. The second kappa shape index (κ2) is 3.29. The summed E-state index contributed by atoms with van der Waals surface area (Å²) in [5, 5.41) is 8.87. The fourth-order valence-corrected chi connectivity index (χ4v) is 1.84. The molecule has 4 nitrogen and oxygen atoms in total. The minimum absolute atomic E-state index is 0.257. The topological polar surface area (TPSA) is 76.2 Å². The molecule has 0 spiro atoms. The Morgan fingerprint density at radius 1 is 1.57 bits per heavy atom. The SMILES string of the molecule is Nc1ccc2c(n1)CCC(C(=O)O)C2. The second-order valence-electron chi connectivity index (χ2n) is 3.62. The number of hydrogen-bond donors (Lipinski definition) is 2. The summed E-state index contributed by atoms with van der Waals surface area (Å²) in [4.78, 5) is 15.0. The first-order valence-electron chi connectivity index (χ1n) is 4.64. The van der Waals surface area contributed by atoms with Gasteiger partial charge in [-0.05, 0) is 30.9 Å². The number of aromatic nitrogens is 1. The molecule has 0 saturated heterocycles. The lowest BCUT2D eigenvalue weighted by molar-refractivity contribution is -0.142. The van der Waals surface area contributed by atoms with Gasteiger partial charge in [-0.25, -0.2) is 4.98 Å². The van der Waals surface area contributed by atoms with Gasteiger partial charge in [0.2, 0.25) is 0 Å².